The Kier molecular flexibility index (Phi) is 8.84. The number of carbonyl (C=O) groups is 2. The van der Waals surface area contributed by atoms with Crippen LogP contribution >= 0.6 is 23.7 Å². The summed E-state index contributed by atoms with van der Waals surface area (Å²) in [5.74, 6) is -1.39. The number of carbonyl (C=O) groups excluding carboxylic acids is 2. The third kappa shape index (κ3) is 6.58. The van der Waals surface area contributed by atoms with E-state index in [9.17, 15) is 33.1 Å². The Balaban J connectivity index is 0.00000441. The van der Waals surface area contributed by atoms with Gasteiger partial charge in [-0.2, -0.15) is 18.4 Å². The van der Waals surface area contributed by atoms with Crippen LogP contribution in [0.15, 0.2) is 66.0 Å². The van der Waals surface area contributed by atoms with Crippen molar-refractivity contribution in [3.63, 3.8) is 0 Å². The van der Waals surface area contributed by atoms with Crippen molar-refractivity contribution in [2.75, 3.05) is 10.6 Å². The van der Waals surface area contributed by atoms with Gasteiger partial charge in [0, 0.05) is 16.8 Å². The van der Waals surface area contributed by atoms with Crippen LogP contribution in [0.2, 0.25) is 0 Å². The molecule has 0 aliphatic rings. The first kappa shape index (κ1) is 30.1. The summed E-state index contributed by atoms with van der Waals surface area (Å²) in [5, 5.41) is 27.7. The van der Waals surface area contributed by atoms with Crippen LogP contribution in [0.4, 0.5) is 24.7 Å². The number of aldehydes is 1. The summed E-state index contributed by atoms with van der Waals surface area (Å²) in [6.07, 6.45) is -4.15. The highest BCUT2D eigenvalue weighted by molar-refractivity contribution is 7.12. The second kappa shape index (κ2) is 11.7. The van der Waals surface area contributed by atoms with Crippen LogP contribution in [-0.2, 0) is 11.0 Å². The quantitative estimate of drug-likeness (QED) is 0.153. The molecule has 0 bridgehead atoms. The zero-order valence-electron chi connectivity index (χ0n) is 20.6. The lowest BCUT2D eigenvalue weighted by molar-refractivity contribution is -0.137. The molecule has 0 unspecified atom stereocenters. The molecule has 40 heavy (non-hydrogen) atoms. The number of benzene rings is 2. The molecule has 4 rings (SSSR count). The number of nitrogens with zero attached hydrogens (tertiary/aromatic N) is 2. The number of rotatable bonds is 7. The van der Waals surface area contributed by atoms with Crippen LogP contribution in [0.5, 0.6) is 5.75 Å². The lowest BCUT2D eigenvalue weighted by Gasteiger charge is -2.21. The molecule has 8 nitrogen and oxygen atoms in total. The molecule has 2 aromatic heterocycles. The molecule has 4 aromatic rings. The number of aromatic nitrogens is 1. The van der Waals surface area contributed by atoms with E-state index >= 15 is 0 Å². The SMILES string of the molecule is C[C@@](N)(C=O)Nc1cccc(-c2cc(-c3ccc(C(F)(F)F)cc3O)nc(NC(=O)c3cccs3)c2C#N)c1.Cl. The normalized spacial score (nSPS) is 12.4. The highest BCUT2D eigenvalue weighted by atomic mass is 35.5. The Morgan fingerprint density at radius 2 is 1.88 bits per heavy atom. The Hall–Kier alpha value is -4.44. The second-order valence-electron chi connectivity index (χ2n) is 8.66. The van der Waals surface area contributed by atoms with E-state index in [0.717, 1.165) is 23.5 Å². The molecule has 0 fully saturated rings. The predicted molar refractivity (Wildman–Crippen MR) is 148 cm³/mol. The van der Waals surface area contributed by atoms with E-state index in [0.29, 0.717) is 28.5 Å². The van der Waals surface area contributed by atoms with Crippen LogP contribution < -0.4 is 16.4 Å². The van der Waals surface area contributed by atoms with E-state index in [1.54, 1.807) is 41.8 Å². The summed E-state index contributed by atoms with van der Waals surface area (Å²) >= 11 is 1.16. The number of nitrogens with one attached hydrogen (secondary N) is 2. The first-order valence-electron chi connectivity index (χ1n) is 11.3. The zero-order chi connectivity index (χ0) is 28.4. The van der Waals surface area contributed by atoms with E-state index < -0.39 is 29.1 Å². The molecule has 0 saturated heterocycles. The first-order chi connectivity index (χ1) is 18.4. The number of pyridine rings is 1. The third-order valence-electron chi connectivity index (χ3n) is 5.54. The minimum atomic E-state index is -4.68. The fraction of sp³-hybridized carbons (Fsp3) is 0.111. The predicted octanol–water partition coefficient (Wildman–Crippen LogP) is 6.03. The standard InChI is InChI=1S/C27H20F3N5O3S.ClH/c1-26(32,14-36)35-17-5-2-4-15(10-17)19-12-21(18-8-7-16(11-22(18)37)27(28,29)30)33-24(20(19)13-31)34-25(38)23-6-3-9-39-23;/h2-12,14,35,37H,32H2,1H3,(H,33,34,38);1H/t26-;/m0./s1. The van der Waals surface area contributed by atoms with Crippen molar-refractivity contribution in [1.82, 2.24) is 4.98 Å². The summed E-state index contributed by atoms with van der Waals surface area (Å²) in [6.45, 7) is 1.46. The molecule has 0 saturated carbocycles. The molecule has 1 atom stereocenters. The van der Waals surface area contributed by atoms with Crippen LogP contribution in [-0.4, -0.2) is 27.9 Å². The average Bonchev–Trinajstić information content (AvgIpc) is 3.43. The first-order valence-corrected chi connectivity index (χ1v) is 12.1. The molecular formula is C27H21ClF3N5O3S. The minimum absolute atomic E-state index is 0. The molecule has 0 radical (unpaired) electrons. The van der Waals surface area contributed by atoms with Gasteiger partial charge in [-0.3, -0.25) is 9.59 Å². The average molecular weight is 588 g/mol. The number of halogens is 4. The highest BCUT2D eigenvalue weighted by Crippen LogP contribution is 2.39. The van der Waals surface area contributed by atoms with Gasteiger partial charge < -0.3 is 21.5 Å². The third-order valence-corrected chi connectivity index (χ3v) is 6.41. The van der Waals surface area contributed by atoms with Gasteiger partial charge in [-0.15, -0.1) is 23.7 Å². The second-order valence-corrected chi connectivity index (χ2v) is 9.61. The number of nitrogens with two attached hydrogens (primary N) is 1. The Morgan fingerprint density at radius 1 is 1.12 bits per heavy atom. The Labute approximate surface area is 236 Å². The highest BCUT2D eigenvalue weighted by Gasteiger charge is 2.31. The largest absolute Gasteiger partial charge is 0.507 e. The number of phenolic OH excluding ortho intramolecular Hbond substituents is 1. The number of thiophene rings is 1. The molecule has 5 N–H and O–H groups in total. The summed E-state index contributed by atoms with van der Waals surface area (Å²) in [4.78, 5) is 28.8. The summed E-state index contributed by atoms with van der Waals surface area (Å²) in [7, 11) is 0. The van der Waals surface area contributed by atoms with E-state index in [1.807, 2.05) is 6.07 Å². The molecular weight excluding hydrogens is 567 g/mol. The maximum atomic E-state index is 13.2. The van der Waals surface area contributed by atoms with Gasteiger partial charge in [-0.05, 0) is 60.3 Å². The summed E-state index contributed by atoms with van der Waals surface area (Å²) in [5.41, 5.74) is 4.52. The van der Waals surface area contributed by atoms with Crippen molar-refractivity contribution in [1.29, 1.82) is 5.26 Å². The monoisotopic (exact) mass is 587 g/mol. The fourth-order valence-electron chi connectivity index (χ4n) is 3.72. The van der Waals surface area contributed by atoms with Gasteiger partial charge in [-0.1, -0.05) is 18.2 Å². The van der Waals surface area contributed by atoms with E-state index in [2.05, 4.69) is 15.6 Å². The van der Waals surface area contributed by atoms with Crippen molar-refractivity contribution in [3.8, 4) is 34.2 Å². The van der Waals surface area contributed by atoms with E-state index in [-0.39, 0.29) is 40.6 Å². The van der Waals surface area contributed by atoms with Crippen LogP contribution in [0.1, 0.15) is 27.7 Å². The van der Waals surface area contributed by atoms with Crippen molar-refractivity contribution in [3.05, 3.63) is 82.0 Å². The van der Waals surface area contributed by atoms with Crippen molar-refractivity contribution in [2.24, 2.45) is 5.73 Å². The van der Waals surface area contributed by atoms with Gasteiger partial charge in [0.05, 0.1) is 16.1 Å². The summed E-state index contributed by atoms with van der Waals surface area (Å²) < 4.78 is 39.5. The number of nitriles is 1. The lowest BCUT2D eigenvalue weighted by Crippen LogP contribution is -2.46. The van der Waals surface area contributed by atoms with Gasteiger partial charge in [0.2, 0.25) is 0 Å². The summed E-state index contributed by atoms with van der Waals surface area (Å²) in [6, 6.07) is 15.7. The zero-order valence-corrected chi connectivity index (χ0v) is 22.2. The van der Waals surface area contributed by atoms with Crippen molar-refractivity contribution >= 4 is 47.4 Å². The molecule has 2 aromatic carbocycles. The molecule has 0 aliphatic carbocycles. The number of anilines is 2. The maximum absolute atomic E-state index is 13.2. The Morgan fingerprint density at radius 3 is 2.48 bits per heavy atom. The molecule has 2 heterocycles. The number of aromatic hydroxyl groups is 1. The van der Waals surface area contributed by atoms with Crippen LogP contribution in [0.25, 0.3) is 22.4 Å². The van der Waals surface area contributed by atoms with Crippen LogP contribution in [0.3, 0.4) is 0 Å². The Bertz CT molecular complexity index is 1600. The number of alkyl halides is 3. The smallest absolute Gasteiger partial charge is 0.416 e. The molecule has 13 heteroatoms. The van der Waals surface area contributed by atoms with Crippen molar-refractivity contribution in [2.45, 2.75) is 18.8 Å². The van der Waals surface area contributed by atoms with Gasteiger partial charge in [-0.25, -0.2) is 4.98 Å². The van der Waals surface area contributed by atoms with Gasteiger partial charge in [0.15, 0.2) is 12.1 Å². The van der Waals surface area contributed by atoms with Gasteiger partial charge >= 0.3 is 6.18 Å². The van der Waals surface area contributed by atoms with Gasteiger partial charge in [0.1, 0.15) is 23.0 Å². The number of phenols is 1. The van der Waals surface area contributed by atoms with Gasteiger partial charge in [0.25, 0.3) is 5.91 Å². The van der Waals surface area contributed by atoms with Crippen molar-refractivity contribution < 1.29 is 27.9 Å². The minimum Gasteiger partial charge on any atom is -0.507 e. The molecule has 0 aliphatic heterocycles. The number of hydrogen-bond acceptors (Lipinski definition) is 8. The topological polar surface area (TPSA) is 141 Å². The van der Waals surface area contributed by atoms with Crippen LogP contribution in [0, 0.1) is 11.3 Å². The molecule has 1 amide bonds. The lowest BCUT2D eigenvalue weighted by atomic mass is 9.97. The van der Waals surface area contributed by atoms with E-state index in [4.69, 9.17) is 5.73 Å². The number of hydrogen-bond donors (Lipinski definition) is 4. The molecule has 0 spiro atoms. The number of amides is 1. The molecule has 206 valence electrons. The maximum Gasteiger partial charge on any atom is 0.416 e. The van der Waals surface area contributed by atoms with E-state index in [1.165, 1.54) is 13.0 Å². The fourth-order valence-corrected chi connectivity index (χ4v) is 4.34.